The van der Waals surface area contributed by atoms with Gasteiger partial charge in [-0.15, -0.1) is 5.10 Å². The molecule has 0 saturated carbocycles. The molecule has 0 aliphatic heterocycles. The number of ether oxygens (including phenoxy) is 3. The molecule has 0 bridgehead atoms. The topological polar surface area (TPSA) is 142 Å². The number of primary amides is 1. The summed E-state index contributed by atoms with van der Waals surface area (Å²) in [5.41, 5.74) is 7.71. The van der Waals surface area contributed by atoms with Crippen molar-refractivity contribution >= 4 is 23.7 Å². The average molecular weight is 403 g/mol. The van der Waals surface area contributed by atoms with E-state index in [-0.39, 0.29) is 42.0 Å². The number of hydrogen-bond acceptors (Lipinski definition) is 8. The first-order chi connectivity index (χ1) is 13.8. The smallest absolute Gasteiger partial charge is 0.337 e. The Hall–Kier alpha value is -3.82. The number of hydrogen-bond donors (Lipinski definition) is 2. The first-order valence-corrected chi connectivity index (χ1v) is 8.56. The molecule has 1 aromatic heterocycles. The number of furan rings is 1. The number of benzene rings is 1. The minimum Gasteiger partial charge on any atom is -0.486 e. The Morgan fingerprint density at radius 1 is 1.21 bits per heavy atom. The Balaban J connectivity index is 2.21. The summed E-state index contributed by atoms with van der Waals surface area (Å²) in [6.45, 7) is 3.28. The number of carbonyl (C=O) groups excluding carboxylic acids is 3. The van der Waals surface area contributed by atoms with E-state index in [1.807, 2.05) is 0 Å². The highest BCUT2D eigenvalue weighted by Gasteiger charge is 2.20. The lowest BCUT2D eigenvalue weighted by molar-refractivity contribution is 0.0600. The Kier molecular flexibility index (Phi) is 7.35. The summed E-state index contributed by atoms with van der Waals surface area (Å²) in [4.78, 5) is 34.3. The summed E-state index contributed by atoms with van der Waals surface area (Å²) in [6.07, 6.45) is 0. The van der Waals surface area contributed by atoms with E-state index in [0.29, 0.717) is 11.3 Å². The summed E-state index contributed by atoms with van der Waals surface area (Å²) >= 11 is 0. The van der Waals surface area contributed by atoms with Crippen molar-refractivity contribution in [2.45, 2.75) is 20.5 Å². The van der Waals surface area contributed by atoms with Gasteiger partial charge in [-0.1, -0.05) is 0 Å². The third-order valence-electron chi connectivity index (χ3n) is 3.59. The Bertz CT molecular complexity index is 916. The maximum atomic E-state index is 12.0. The van der Waals surface area contributed by atoms with Crippen LogP contribution >= 0.6 is 0 Å². The van der Waals surface area contributed by atoms with Crippen molar-refractivity contribution < 1.29 is 33.0 Å². The van der Waals surface area contributed by atoms with Gasteiger partial charge in [0.2, 0.25) is 0 Å². The minimum atomic E-state index is -0.875. The third-order valence-corrected chi connectivity index (χ3v) is 3.59. The van der Waals surface area contributed by atoms with Crippen LogP contribution in [0.2, 0.25) is 0 Å². The van der Waals surface area contributed by atoms with Crippen LogP contribution in [0, 0.1) is 0 Å². The van der Waals surface area contributed by atoms with Gasteiger partial charge in [0.1, 0.15) is 12.4 Å². The fourth-order valence-corrected chi connectivity index (χ4v) is 2.29. The first kappa shape index (κ1) is 21.5. The molecule has 2 rings (SSSR count). The molecule has 0 spiro atoms. The predicted octanol–water partition coefficient (Wildman–Crippen LogP) is 2.21. The van der Waals surface area contributed by atoms with E-state index in [1.54, 1.807) is 31.2 Å². The molecule has 2 aromatic rings. The molecule has 0 aliphatic carbocycles. The molecule has 0 atom stereocenters. The first-order valence-electron chi connectivity index (χ1n) is 8.56. The van der Waals surface area contributed by atoms with Crippen LogP contribution in [-0.2, 0) is 16.1 Å². The van der Waals surface area contributed by atoms with E-state index in [1.165, 1.54) is 20.1 Å². The zero-order valence-electron chi connectivity index (χ0n) is 16.2. The number of amides is 2. The van der Waals surface area contributed by atoms with Gasteiger partial charge in [-0.3, -0.25) is 4.79 Å². The van der Waals surface area contributed by atoms with Gasteiger partial charge in [-0.05, 0) is 38.1 Å². The largest absolute Gasteiger partial charge is 0.486 e. The second-order valence-corrected chi connectivity index (χ2v) is 5.63. The number of carbonyl (C=O) groups is 3. The van der Waals surface area contributed by atoms with Crippen LogP contribution in [0.5, 0.6) is 5.75 Å². The summed E-state index contributed by atoms with van der Waals surface area (Å²) in [6, 6.07) is 6.85. The summed E-state index contributed by atoms with van der Waals surface area (Å²) in [5, 5.41) is 3.73. The molecular weight excluding hydrogens is 382 g/mol. The number of urea groups is 1. The lowest BCUT2D eigenvalue weighted by Crippen LogP contribution is -2.26. The van der Waals surface area contributed by atoms with Gasteiger partial charge in [0, 0.05) is 6.07 Å². The Labute approximate surface area is 166 Å². The number of nitrogens with zero attached hydrogens (tertiary/aromatic N) is 1. The molecule has 1 heterocycles. The van der Waals surface area contributed by atoms with Crippen LogP contribution in [0.1, 0.15) is 46.1 Å². The highest BCUT2D eigenvalue weighted by molar-refractivity contribution is 5.99. The van der Waals surface area contributed by atoms with E-state index in [0.717, 1.165) is 0 Å². The molecule has 10 heteroatoms. The lowest BCUT2D eigenvalue weighted by Gasteiger charge is -2.07. The van der Waals surface area contributed by atoms with Gasteiger partial charge in [0.25, 0.3) is 5.90 Å². The zero-order valence-corrected chi connectivity index (χ0v) is 16.2. The van der Waals surface area contributed by atoms with Crippen LogP contribution in [0.25, 0.3) is 0 Å². The van der Waals surface area contributed by atoms with Crippen LogP contribution in [0.3, 0.4) is 0 Å². The van der Waals surface area contributed by atoms with Crippen molar-refractivity contribution in [1.29, 1.82) is 0 Å². The van der Waals surface area contributed by atoms with Gasteiger partial charge in [0.15, 0.2) is 17.3 Å². The van der Waals surface area contributed by atoms with E-state index in [9.17, 15) is 14.4 Å². The maximum Gasteiger partial charge on any atom is 0.337 e. The average Bonchev–Trinajstić information content (AvgIpc) is 3.13. The van der Waals surface area contributed by atoms with Crippen LogP contribution in [-0.4, -0.2) is 37.4 Å². The van der Waals surface area contributed by atoms with E-state index in [2.05, 4.69) is 15.3 Å². The molecule has 0 unspecified atom stereocenters. The van der Waals surface area contributed by atoms with Crippen molar-refractivity contribution in [1.82, 2.24) is 5.43 Å². The number of hydrazone groups is 1. The number of rotatable bonds is 8. The van der Waals surface area contributed by atoms with E-state index in [4.69, 9.17) is 19.6 Å². The fraction of sp³-hybridized carbons (Fsp3) is 0.263. The maximum absolute atomic E-state index is 12.0. The molecule has 1 aromatic carbocycles. The lowest BCUT2D eigenvalue weighted by atomic mass is 10.2. The molecule has 10 nitrogen and oxygen atoms in total. The van der Waals surface area contributed by atoms with E-state index >= 15 is 0 Å². The highest BCUT2D eigenvalue weighted by atomic mass is 16.5. The SMILES string of the molecule is CCOC(=NNC(N)=O)c1cc(C(C)=O)c(COc2ccc(C(=O)OC)cc2)o1. The Morgan fingerprint density at radius 3 is 2.45 bits per heavy atom. The summed E-state index contributed by atoms with van der Waals surface area (Å²) < 4.78 is 21.3. The standard InChI is InChI=1S/C19H21N3O7/c1-4-27-17(21-22-19(20)25)15-9-14(11(2)23)16(29-15)10-28-13-7-5-12(6-8-13)18(24)26-3/h5-9H,4,10H2,1-3H3,(H3,20,22,25). The Morgan fingerprint density at radius 2 is 1.90 bits per heavy atom. The zero-order chi connectivity index (χ0) is 21.4. The van der Waals surface area contributed by atoms with Crippen LogP contribution in [0.4, 0.5) is 4.79 Å². The van der Waals surface area contributed by atoms with Crippen molar-refractivity contribution in [3.8, 4) is 5.75 Å². The predicted molar refractivity (Wildman–Crippen MR) is 102 cm³/mol. The number of ketones is 1. The monoisotopic (exact) mass is 403 g/mol. The number of esters is 1. The second kappa shape index (κ2) is 9.93. The summed E-state index contributed by atoms with van der Waals surface area (Å²) in [7, 11) is 1.29. The van der Waals surface area contributed by atoms with Gasteiger partial charge in [0.05, 0.1) is 24.8 Å². The van der Waals surface area contributed by atoms with Gasteiger partial charge >= 0.3 is 12.0 Å². The third kappa shape index (κ3) is 5.83. The van der Waals surface area contributed by atoms with Crippen molar-refractivity contribution in [2.24, 2.45) is 10.8 Å². The molecular formula is C19H21N3O7. The highest BCUT2D eigenvalue weighted by Crippen LogP contribution is 2.21. The fourth-order valence-electron chi connectivity index (χ4n) is 2.29. The van der Waals surface area contributed by atoms with Crippen LogP contribution < -0.4 is 15.9 Å². The van der Waals surface area contributed by atoms with Crippen molar-refractivity contribution in [3.63, 3.8) is 0 Å². The van der Waals surface area contributed by atoms with E-state index < -0.39 is 12.0 Å². The molecule has 0 aliphatic rings. The van der Waals surface area contributed by atoms with Gasteiger partial charge in [-0.2, -0.15) is 0 Å². The van der Waals surface area contributed by atoms with Crippen LogP contribution in [0.15, 0.2) is 39.9 Å². The van der Waals surface area contributed by atoms with Crippen molar-refractivity contribution in [2.75, 3.05) is 13.7 Å². The molecule has 0 radical (unpaired) electrons. The molecule has 3 N–H and O–H groups in total. The van der Waals surface area contributed by atoms with Gasteiger partial charge < -0.3 is 24.4 Å². The molecule has 154 valence electrons. The van der Waals surface area contributed by atoms with Gasteiger partial charge in [-0.25, -0.2) is 15.0 Å². The minimum absolute atomic E-state index is 0.0394. The number of methoxy groups -OCH3 is 1. The van der Waals surface area contributed by atoms with Crippen molar-refractivity contribution in [3.05, 3.63) is 53.0 Å². The normalized spacial score (nSPS) is 10.9. The number of Topliss-reactive ketones (excluding diaryl/α,β-unsaturated/α-hetero) is 1. The molecule has 0 saturated heterocycles. The molecule has 2 amide bonds. The second-order valence-electron chi connectivity index (χ2n) is 5.63. The quantitative estimate of drug-likeness (QED) is 0.226. The molecule has 0 fully saturated rings. The summed E-state index contributed by atoms with van der Waals surface area (Å²) in [5.74, 6) is 0.0832. The number of nitrogens with one attached hydrogen (secondary N) is 1. The molecule has 29 heavy (non-hydrogen) atoms. The number of nitrogens with two attached hydrogens (primary N) is 1.